The van der Waals surface area contributed by atoms with E-state index in [4.69, 9.17) is 10.2 Å². The Bertz CT molecular complexity index is 350. The molecule has 176 valence electrons. The Hall–Kier alpha value is -1.71. The fourth-order valence-corrected chi connectivity index (χ4v) is 1.16. The summed E-state index contributed by atoms with van der Waals surface area (Å²) in [4.78, 5) is 30.7. The van der Waals surface area contributed by atoms with Crippen molar-refractivity contribution in [3.63, 3.8) is 0 Å². The van der Waals surface area contributed by atoms with Gasteiger partial charge in [0.25, 0.3) is 0 Å². The molecule has 0 fully saturated rings. The molecule has 0 spiro atoms. The fourth-order valence-electron chi connectivity index (χ4n) is 1.16. The first-order valence-electron chi connectivity index (χ1n) is 9.77. The number of carbonyl (C=O) groups excluding carboxylic acids is 3. The zero-order chi connectivity index (χ0) is 23.5. The molecule has 0 aromatic heterocycles. The summed E-state index contributed by atoms with van der Waals surface area (Å²) < 4.78 is 18.4. The van der Waals surface area contributed by atoms with Crippen LogP contribution in [0.15, 0.2) is 0 Å². The van der Waals surface area contributed by atoms with E-state index < -0.39 is 0 Å². The Morgan fingerprint density at radius 2 is 1.31 bits per heavy atom. The summed E-state index contributed by atoms with van der Waals surface area (Å²) in [5.41, 5.74) is 0. The molecule has 0 saturated heterocycles. The van der Waals surface area contributed by atoms with Gasteiger partial charge in [0.15, 0.2) is 0 Å². The topological polar surface area (TPSA) is 129 Å². The van der Waals surface area contributed by atoms with Crippen molar-refractivity contribution in [2.75, 3.05) is 40.1 Å². The van der Waals surface area contributed by atoms with Crippen LogP contribution in [-0.4, -0.2) is 74.4 Å². The van der Waals surface area contributed by atoms with E-state index >= 15 is 0 Å². The third-order valence-electron chi connectivity index (χ3n) is 2.50. The van der Waals surface area contributed by atoms with Crippen LogP contribution in [0, 0.1) is 0 Å². The molecule has 0 amide bonds. The van der Waals surface area contributed by atoms with Crippen LogP contribution in [-0.2, 0) is 33.3 Å². The lowest BCUT2D eigenvalue weighted by Gasteiger charge is -2.10. The lowest BCUT2D eigenvalue weighted by atomic mass is 10.4. The number of hydrogen-bond acceptors (Lipinski definition) is 9. The minimum atomic E-state index is -0.371. The van der Waals surface area contributed by atoms with Crippen molar-refractivity contribution in [1.82, 2.24) is 0 Å². The Labute approximate surface area is 175 Å². The Kier molecular flexibility index (Phi) is 37.2. The first kappa shape index (κ1) is 34.8. The number of esters is 3. The van der Waals surface area contributed by atoms with Crippen molar-refractivity contribution >= 4 is 17.9 Å². The highest BCUT2D eigenvalue weighted by molar-refractivity contribution is 5.67. The molecule has 0 aliphatic rings. The quantitative estimate of drug-likeness (QED) is 0.307. The average Bonchev–Trinajstić information content (AvgIpc) is 2.62. The number of rotatable bonds is 10. The van der Waals surface area contributed by atoms with E-state index in [0.29, 0.717) is 19.8 Å². The minimum Gasteiger partial charge on any atom is -0.466 e. The van der Waals surface area contributed by atoms with E-state index in [9.17, 15) is 14.4 Å². The third kappa shape index (κ3) is 58.5. The maximum atomic E-state index is 10.3. The monoisotopic (exact) mass is 426 g/mol. The molecule has 0 radical (unpaired) electrons. The van der Waals surface area contributed by atoms with Crippen LogP contribution >= 0.6 is 0 Å². The Morgan fingerprint density at radius 1 is 0.793 bits per heavy atom. The molecule has 0 aliphatic heterocycles. The summed E-state index contributed by atoms with van der Waals surface area (Å²) in [6, 6.07) is 0. The third-order valence-corrected chi connectivity index (χ3v) is 2.50. The summed E-state index contributed by atoms with van der Waals surface area (Å²) in [5.74, 6) is -0.924. The number of aliphatic hydroxyl groups is 2. The molecule has 1 unspecified atom stereocenters. The minimum absolute atomic E-state index is 0.120. The second kappa shape index (κ2) is 31.0. The molecule has 0 aromatic rings. The molecule has 0 heterocycles. The maximum Gasteiger partial charge on any atom is 0.303 e. The van der Waals surface area contributed by atoms with Gasteiger partial charge in [0.1, 0.15) is 12.7 Å². The number of aliphatic hydroxyl groups excluding tert-OH is 2. The molecule has 1 atom stereocenters. The molecule has 29 heavy (non-hydrogen) atoms. The number of unbranched alkanes of at least 4 members (excludes halogenated alkanes) is 2. The van der Waals surface area contributed by atoms with E-state index in [0.717, 1.165) is 25.7 Å². The zero-order valence-corrected chi connectivity index (χ0v) is 19.2. The van der Waals surface area contributed by atoms with Gasteiger partial charge in [0.2, 0.25) is 0 Å². The summed E-state index contributed by atoms with van der Waals surface area (Å²) in [6.45, 7) is 11.4. The van der Waals surface area contributed by atoms with E-state index in [2.05, 4.69) is 32.8 Å². The van der Waals surface area contributed by atoms with E-state index in [-0.39, 0.29) is 37.2 Å². The molecule has 0 bridgehead atoms. The highest BCUT2D eigenvalue weighted by atomic mass is 16.6. The number of ether oxygens (including phenoxy) is 4. The molecule has 0 aromatic carbocycles. The predicted octanol–water partition coefficient (Wildman–Crippen LogP) is 2.25. The van der Waals surface area contributed by atoms with Crippen LogP contribution in [0.5, 0.6) is 0 Å². The van der Waals surface area contributed by atoms with Gasteiger partial charge >= 0.3 is 17.9 Å². The lowest BCUT2D eigenvalue weighted by Crippen LogP contribution is -2.19. The van der Waals surface area contributed by atoms with Crippen molar-refractivity contribution in [2.24, 2.45) is 0 Å². The molecule has 0 saturated carbocycles. The number of methoxy groups -OCH3 is 1. The zero-order valence-electron chi connectivity index (χ0n) is 19.2. The first-order chi connectivity index (χ1) is 13.6. The van der Waals surface area contributed by atoms with Gasteiger partial charge < -0.3 is 29.2 Å². The van der Waals surface area contributed by atoms with Gasteiger partial charge in [-0.3, -0.25) is 14.4 Å². The highest BCUT2D eigenvalue weighted by Gasteiger charge is 2.06. The summed E-state index contributed by atoms with van der Waals surface area (Å²) >= 11 is 0. The van der Waals surface area contributed by atoms with Crippen molar-refractivity contribution in [3.05, 3.63) is 0 Å². The van der Waals surface area contributed by atoms with Crippen LogP contribution in [0.25, 0.3) is 0 Å². The van der Waals surface area contributed by atoms with Crippen molar-refractivity contribution in [2.45, 2.75) is 73.3 Å². The summed E-state index contributed by atoms with van der Waals surface area (Å²) in [5, 5.41) is 16.0. The van der Waals surface area contributed by atoms with E-state index in [1.165, 1.54) is 20.8 Å². The smallest absolute Gasteiger partial charge is 0.303 e. The van der Waals surface area contributed by atoms with E-state index in [1.54, 1.807) is 14.0 Å². The molecular formula is C20H42O9. The van der Waals surface area contributed by atoms with Crippen LogP contribution in [0.1, 0.15) is 67.2 Å². The molecule has 0 aliphatic carbocycles. The van der Waals surface area contributed by atoms with E-state index in [1.807, 2.05) is 0 Å². The van der Waals surface area contributed by atoms with Gasteiger partial charge in [-0.25, -0.2) is 0 Å². The van der Waals surface area contributed by atoms with Gasteiger partial charge in [0, 0.05) is 34.5 Å². The van der Waals surface area contributed by atoms with Gasteiger partial charge in [-0.1, -0.05) is 26.7 Å². The average molecular weight is 427 g/mol. The van der Waals surface area contributed by atoms with Crippen LogP contribution in [0.2, 0.25) is 0 Å². The normalized spacial score (nSPS) is 9.83. The molecule has 0 rings (SSSR count). The van der Waals surface area contributed by atoms with Gasteiger partial charge in [-0.15, -0.1) is 0 Å². The van der Waals surface area contributed by atoms with Crippen LogP contribution in [0.3, 0.4) is 0 Å². The summed E-state index contributed by atoms with van der Waals surface area (Å²) in [7, 11) is 1.55. The summed E-state index contributed by atoms with van der Waals surface area (Å²) in [6.07, 6.45) is 3.72. The number of hydrogen-bond donors (Lipinski definition) is 2. The van der Waals surface area contributed by atoms with Gasteiger partial charge in [0.05, 0.1) is 19.8 Å². The second-order valence-corrected chi connectivity index (χ2v) is 5.71. The van der Waals surface area contributed by atoms with Gasteiger partial charge in [-0.2, -0.15) is 0 Å². The fraction of sp³-hybridized carbons (Fsp3) is 0.850. The molecular weight excluding hydrogens is 384 g/mol. The lowest BCUT2D eigenvalue weighted by molar-refractivity contribution is -0.155. The number of carbonyl (C=O) groups is 3. The Balaban J connectivity index is -0.000000153. The molecule has 9 heteroatoms. The second-order valence-electron chi connectivity index (χ2n) is 5.71. The Morgan fingerprint density at radius 3 is 1.55 bits per heavy atom. The highest BCUT2D eigenvalue weighted by Crippen LogP contribution is 1.92. The van der Waals surface area contributed by atoms with Gasteiger partial charge in [-0.05, 0) is 19.8 Å². The van der Waals surface area contributed by atoms with Crippen LogP contribution < -0.4 is 0 Å². The van der Waals surface area contributed by atoms with Crippen molar-refractivity contribution in [1.29, 1.82) is 0 Å². The molecule has 9 nitrogen and oxygen atoms in total. The molecule has 2 N–H and O–H groups in total. The van der Waals surface area contributed by atoms with Crippen molar-refractivity contribution < 1.29 is 43.5 Å². The van der Waals surface area contributed by atoms with Crippen LogP contribution in [0.4, 0.5) is 0 Å². The largest absolute Gasteiger partial charge is 0.466 e. The maximum absolute atomic E-state index is 10.3. The predicted molar refractivity (Wildman–Crippen MR) is 110 cm³/mol. The first-order valence-corrected chi connectivity index (χ1v) is 9.77. The van der Waals surface area contributed by atoms with Crippen molar-refractivity contribution in [3.8, 4) is 0 Å². The standard InChI is InChI=1S/C7H12O4.C6H12O2.C4H10O.C3H8O2/c1-5(11-7(3)9)4-10-6(2)8;1-3-4-5-8-6(2)7;1-2-3-4-5;1-5-3-2-4/h5H,4H2,1-3H3;3-5H2,1-2H3;5H,2-4H2,1H3;4H,2-3H2,1H3. The SMILES string of the molecule is CC(=O)OCC(C)OC(C)=O.CCCCO.CCCCOC(C)=O.COCCO.